The number of anilines is 2. The Bertz CT molecular complexity index is 1050. The van der Waals surface area contributed by atoms with Gasteiger partial charge < -0.3 is 0 Å². The summed E-state index contributed by atoms with van der Waals surface area (Å²) < 4.78 is 27.1. The first-order valence-electron chi connectivity index (χ1n) is 9.24. The van der Waals surface area contributed by atoms with Crippen LogP contribution in [0.4, 0.5) is 10.8 Å². The zero-order valence-electron chi connectivity index (χ0n) is 16.1. The largest absolute Gasteiger partial charge is 0.300 e. The average molecular weight is 431 g/mol. The number of nitrogens with one attached hydrogen (secondary N) is 1. The van der Waals surface area contributed by atoms with Gasteiger partial charge in [0.15, 0.2) is 0 Å². The number of sulfonamides is 1. The summed E-state index contributed by atoms with van der Waals surface area (Å²) in [6.45, 7) is 3.92. The second kappa shape index (κ2) is 9.15. The summed E-state index contributed by atoms with van der Waals surface area (Å²) >= 11 is 0.846. The zero-order valence-corrected chi connectivity index (χ0v) is 17.8. The first-order valence-corrected chi connectivity index (χ1v) is 11.5. The number of carbonyl (C=O) groups excluding carboxylic acids is 1. The molecule has 0 radical (unpaired) electrons. The van der Waals surface area contributed by atoms with Crippen LogP contribution >= 0.6 is 11.3 Å². The molecule has 7 nitrogen and oxygen atoms in total. The number of benzene rings is 2. The van der Waals surface area contributed by atoms with Gasteiger partial charge in [-0.2, -0.15) is 8.42 Å². The molecule has 152 valence electrons. The highest BCUT2D eigenvalue weighted by Gasteiger charge is 2.29. The van der Waals surface area contributed by atoms with Crippen LogP contribution in [0.2, 0.25) is 0 Å². The molecule has 1 aromatic heterocycles. The number of hydrogen-bond donors (Lipinski definition) is 1. The third-order valence-corrected chi connectivity index (χ3v) is 7.49. The van der Waals surface area contributed by atoms with E-state index < -0.39 is 10.0 Å². The lowest BCUT2D eigenvalue weighted by Crippen LogP contribution is -2.30. The molecule has 0 aliphatic heterocycles. The Kier molecular flexibility index (Phi) is 6.60. The van der Waals surface area contributed by atoms with Gasteiger partial charge in [-0.15, -0.1) is 10.2 Å². The van der Waals surface area contributed by atoms with Crippen molar-refractivity contribution in [3.63, 3.8) is 0 Å². The van der Waals surface area contributed by atoms with E-state index in [2.05, 4.69) is 15.5 Å². The smallest absolute Gasteiger partial charge is 0.293 e. The lowest BCUT2D eigenvalue weighted by Gasteiger charge is -2.20. The molecule has 1 heterocycles. The normalized spacial score (nSPS) is 12.3. The fourth-order valence-electron chi connectivity index (χ4n) is 2.99. The van der Waals surface area contributed by atoms with Crippen molar-refractivity contribution >= 4 is 38.1 Å². The Labute approximate surface area is 174 Å². The second-order valence-corrected chi connectivity index (χ2v) is 9.25. The van der Waals surface area contributed by atoms with Gasteiger partial charge in [0.2, 0.25) is 11.0 Å². The molecule has 0 saturated heterocycles. The molecule has 1 atom stereocenters. The Morgan fingerprint density at radius 2 is 1.66 bits per heavy atom. The number of amides is 1. The highest BCUT2D eigenvalue weighted by Crippen LogP contribution is 2.28. The minimum absolute atomic E-state index is 0.159. The molecule has 0 bridgehead atoms. The van der Waals surface area contributed by atoms with E-state index >= 15 is 0 Å². The Balaban J connectivity index is 1.80. The van der Waals surface area contributed by atoms with Crippen LogP contribution in [0.25, 0.3) is 0 Å². The van der Waals surface area contributed by atoms with Gasteiger partial charge in [0.1, 0.15) is 0 Å². The maximum Gasteiger partial charge on any atom is 0.293 e. The van der Waals surface area contributed by atoms with Crippen LogP contribution in [0, 0.1) is 0 Å². The van der Waals surface area contributed by atoms with Gasteiger partial charge in [0, 0.05) is 6.54 Å². The number of nitrogens with zero attached hydrogens (tertiary/aromatic N) is 3. The molecule has 3 aromatic rings. The van der Waals surface area contributed by atoms with Gasteiger partial charge >= 0.3 is 0 Å². The first-order chi connectivity index (χ1) is 14.0. The van der Waals surface area contributed by atoms with E-state index in [4.69, 9.17) is 0 Å². The number of hydrogen-bond acceptors (Lipinski definition) is 6. The van der Waals surface area contributed by atoms with Crippen LogP contribution in [-0.2, 0) is 14.8 Å². The lowest BCUT2D eigenvalue weighted by molar-refractivity contribution is -0.117. The minimum Gasteiger partial charge on any atom is -0.300 e. The number of carbonyl (C=O) groups is 1. The van der Waals surface area contributed by atoms with Gasteiger partial charge in [-0.25, -0.2) is 0 Å². The van der Waals surface area contributed by atoms with Crippen LogP contribution in [0.3, 0.4) is 0 Å². The van der Waals surface area contributed by atoms with Crippen molar-refractivity contribution in [2.24, 2.45) is 0 Å². The summed E-state index contributed by atoms with van der Waals surface area (Å²) in [5, 5.41) is 10.6. The van der Waals surface area contributed by atoms with E-state index in [0.717, 1.165) is 16.9 Å². The third kappa shape index (κ3) is 4.63. The van der Waals surface area contributed by atoms with Crippen molar-refractivity contribution in [2.75, 3.05) is 16.2 Å². The molecule has 29 heavy (non-hydrogen) atoms. The van der Waals surface area contributed by atoms with Gasteiger partial charge in [-0.3, -0.25) is 14.4 Å². The van der Waals surface area contributed by atoms with Crippen molar-refractivity contribution in [3.05, 3.63) is 66.2 Å². The maximum atomic E-state index is 13.0. The molecule has 0 aliphatic rings. The van der Waals surface area contributed by atoms with Gasteiger partial charge in [0.25, 0.3) is 14.4 Å². The molecule has 9 heteroatoms. The van der Waals surface area contributed by atoms with Gasteiger partial charge in [-0.05, 0) is 31.0 Å². The molecule has 3 rings (SSSR count). The molecular formula is C20H22N4O3S2. The van der Waals surface area contributed by atoms with Crippen LogP contribution < -0.4 is 9.62 Å². The minimum atomic E-state index is -3.87. The molecule has 0 unspecified atom stereocenters. The summed E-state index contributed by atoms with van der Waals surface area (Å²) in [4.78, 5) is 12.7. The summed E-state index contributed by atoms with van der Waals surface area (Å²) in [7, 11) is -3.87. The molecule has 0 fully saturated rings. The second-order valence-electron chi connectivity index (χ2n) is 6.24. The van der Waals surface area contributed by atoms with E-state index in [-0.39, 0.29) is 27.8 Å². The fourth-order valence-corrected chi connectivity index (χ4v) is 5.47. The SMILES string of the molecule is CC[C@@H](C(=O)Nc1nnc(S(=O)(=O)N(CC)c2ccccc2)s1)c1ccccc1. The van der Waals surface area contributed by atoms with E-state index in [9.17, 15) is 13.2 Å². The van der Waals surface area contributed by atoms with Gasteiger partial charge in [-0.1, -0.05) is 66.8 Å². The summed E-state index contributed by atoms with van der Waals surface area (Å²) in [5.74, 6) is -0.592. The molecule has 0 aliphatic carbocycles. The topological polar surface area (TPSA) is 92.3 Å². The van der Waals surface area contributed by atoms with Gasteiger partial charge in [0.05, 0.1) is 11.6 Å². The fraction of sp³-hybridized carbons (Fsp3) is 0.250. The number of aromatic nitrogens is 2. The quantitative estimate of drug-likeness (QED) is 0.548. The van der Waals surface area contributed by atoms with Crippen LogP contribution in [0.15, 0.2) is 65.0 Å². The van der Waals surface area contributed by atoms with E-state index in [1.165, 1.54) is 4.31 Å². The van der Waals surface area contributed by atoms with Crippen molar-refractivity contribution in [1.29, 1.82) is 0 Å². The lowest BCUT2D eigenvalue weighted by atomic mass is 9.96. The standard InChI is InChI=1S/C20H22N4O3S2/c1-3-17(15-11-7-5-8-12-15)18(25)21-19-22-23-20(28-19)29(26,27)24(4-2)16-13-9-6-10-14-16/h5-14,17H,3-4H2,1-2H3,(H,21,22,25)/t17-/m1/s1. The van der Waals surface area contributed by atoms with Crippen LogP contribution in [0.5, 0.6) is 0 Å². The van der Waals surface area contributed by atoms with Crippen molar-refractivity contribution in [3.8, 4) is 0 Å². The van der Waals surface area contributed by atoms with Crippen LogP contribution in [0.1, 0.15) is 31.7 Å². The summed E-state index contributed by atoms with van der Waals surface area (Å²) in [5.41, 5.74) is 1.44. The Hall–Kier alpha value is -2.78. The van der Waals surface area contributed by atoms with E-state index in [1.54, 1.807) is 31.2 Å². The van der Waals surface area contributed by atoms with Crippen LogP contribution in [-0.4, -0.2) is 31.1 Å². The van der Waals surface area contributed by atoms with Crippen molar-refractivity contribution in [1.82, 2.24) is 10.2 Å². The van der Waals surface area contributed by atoms with E-state index in [1.807, 2.05) is 43.3 Å². The monoisotopic (exact) mass is 430 g/mol. The predicted molar refractivity (Wildman–Crippen MR) is 115 cm³/mol. The molecule has 2 aromatic carbocycles. The Morgan fingerprint density at radius 3 is 2.24 bits per heavy atom. The molecule has 1 N–H and O–H groups in total. The zero-order chi connectivity index (χ0) is 20.9. The number of para-hydroxylation sites is 1. The van der Waals surface area contributed by atoms with E-state index in [0.29, 0.717) is 12.1 Å². The molecule has 0 saturated carbocycles. The highest BCUT2D eigenvalue weighted by atomic mass is 32.2. The molecular weight excluding hydrogens is 408 g/mol. The van der Waals surface area contributed by atoms with Crippen molar-refractivity contribution in [2.45, 2.75) is 30.5 Å². The van der Waals surface area contributed by atoms with Crippen molar-refractivity contribution < 1.29 is 13.2 Å². The summed E-state index contributed by atoms with van der Waals surface area (Å²) in [6, 6.07) is 18.2. The molecule has 0 spiro atoms. The first kappa shape index (κ1) is 20.9. The average Bonchev–Trinajstić information content (AvgIpc) is 3.20. The maximum absolute atomic E-state index is 13.0. The molecule has 1 amide bonds. The number of rotatable bonds is 8. The predicted octanol–water partition coefficient (Wildman–Crippen LogP) is 3.89. The third-order valence-electron chi connectivity index (χ3n) is 4.41. The summed E-state index contributed by atoms with van der Waals surface area (Å²) in [6.07, 6.45) is 0.609. The Morgan fingerprint density at radius 1 is 1.03 bits per heavy atom. The highest BCUT2D eigenvalue weighted by molar-refractivity contribution is 7.94.